The number of Topliss-reactive ketones (excluding diaryl/α,β-unsaturated/α-hetero) is 1. The van der Waals surface area contributed by atoms with E-state index in [2.05, 4.69) is 18.7 Å². The van der Waals surface area contributed by atoms with Crippen LogP contribution in [-0.2, 0) is 4.79 Å². The maximum atomic E-state index is 13.9. The summed E-state index contributed by atoms with van der Waals surface area (Å²) in [6, 6.07) is 6.87. The Morgan fingerprint density at radius 2 is 2.00 bits per heavy atom. The van der Waals surface area contributed by atoms with Crippen LogP contribution in [-0.4, -0.2) is 24.3 Å². The van der Waals surface area contributed by atoms with Gasteiger partial charge in [-0.3, -0.25) is 9.69 Å². The Morgan fingerprint density at radius 1 is 1.33 bits per heavy atom. The molecule has 116 valence electrons. The number of carbonyl (C=O) groups excluding carboxylic acids is 1. The summed E-state index contributed by atoms with van der Waals surface area (Å²) < 4.78 is 13.9. The molecule has 0 aliphatic heterocycles. The van der Waals surface area contributed by atoms with Crippen LogP contribution in [0.2, 0.25) is 0 Å². The Bertz CT molecular complexity index is 502. The molecule has 2 rings (SSSR count). The zero-order chi connectivity index (χ0) is 15.6. The van der Waals surface area contributed by atoms with Crippen molar-refractivity contribution in [1.29, 1.82) is 0 Å². The van der Waals surface area contributed by atoms with Crippen molar-refractivity contribution < 1.29 is 9.18 Å². The van der Waals surface area contributed by atoms with Gasteiger partial charge in [0.05, 0.1) is 0 Å². The summed E-state index contributed by atoms with van der Waals surface area (Å²) in [5.41, 5.74) is 0.698. The number of nitrogens with zero attached hydrogens (tertiary/aromatic N) is 1. The van der Waals surface area contributed by atoms with E-state index in [0.29, 0.717) is 36.1 Å². The maximum Gasteiger partial charge on any atom is 0.137 e. The third-order valence-electron chi connectivity index (χ3n) is 4.93. The Balaban J connectivity index is 2.05. The molecule has 1 saturated carbocycles. The molecule has 4 unspecified atom stereocenters. The minimum Gasteiger partial charge on any atom is -0.299 e. The third-order valence-corrected chi connectivity index (χ3v) is 4.93. The molecule has 4 atom stereocenters. The fraction of sp³-hybridized carbons (Fsp3) is 0.611. The summed E-state index contributed by atoms with van der Waals surface area (Å²) in [4.78, 5) is 14.4. The number of halogens is 1. The van der Waals surface area contributed by atoms with Crippen molar-refractivity contribution >= 4 is 5.78 Å². The number of rotatable bonds is 4. The lowest BCUT2D eigenvalue weighted by molar-refractivity contribution is -0.128. The summed E-state index contributed by atoms with van der Waals surface area (Å²) in [6.07, 6.45) is 1.80. The molecule has 0 bridgehead atoms. The first-order chi connectivity index (χ1) is 9.90. The highest BCUT2D eigenvalue weighted by molar-refractivity contribution is 5.82. The van der Waals surface area contributed by atoms with E-state index in [4.69, 9.17) is 0 Å². The standard InChI is InChI=1S/C18H26FNO/c1-12-9-13(2)16(18(21)10-12)11-20(4)14(3)15-7-5-6-8-17(15)19/h5-8,12-14,16H,9-11H2,1-4H3. The third kappa shape index (κ3) is 3.70. The average Bonchev–Trinajstić information content (AvgIpc) is 2.42. The van der Waals surface area contributed by atoms with E-state index in [1.807, 2.05) is 26.1 Å². The molecule has 2 nitrogen and oxygen atoms in total. The minimum atomic E-state index is -0.173. The van der Waals surface area contributed by atoms with Gasteiger partial charge < -0.3 is 0 Å². The van der Waals surface area contributed by atoms with Crippen LogP contribution < -0.4 is 0 Å². The number of hydrogen-bond donors (Lipinski definition) is 0. The van der Waals surface area contributed by atoms with Crippen LogP contribution in [0.15, 0.2) is 24.3 Å². The van der Waals surface area contributed by atoms with Crippen molar-refractivity contribution in [3.05, 3.63) is 35.6 Å². The second-order valence-corrected chi connectivity index (χ2v) is 6.73. The first kappa shape index (κ1) is 16.2. The lowest BCUT2D eigenvalue weighted by atomic mass is 9.74. The van der Waals surface area contributed by atoms with Crippen molar-refractivity contribution in [3.63, 3.8) is 0 Å². The zero-order valence-electron chi connectivity index (χ0n) is 13.5. The number of carbonyl (C=O) groups is 1. The summed E-state index contributed by atoms with van der Waals surface area (Å²) in [5.74, 6) is 1.19. The van der Waals surface area contributed by atoms with Crippen LogP contribution >= 0.6 is 0 Å². The van der Waals surface area contributed by atoms with Crippen molar-refractivity contribution in [2.75, 3.05) is 13.6 Å². The fourth-order valence-corrected chi connectivity index (χ4v) is 3.50. The van der Waals surface area contributed by atoms with Gasteiger partial charge in [0, 0.05) is 30.5 Å². The van der Waals surface area contributed by atoms with Gasteiger partial charge in [0.2, 0.25) is 0 Å². The summed E-state index contributed by atoms with van der Waals surface area (Å²) in [5, 5.41) is 0. The largest absolute Gasteiger partial charge is 0.299 e. The van der Waals surface area contributed by atoms with Crippen LogP contribution in [0.4, 0.5) is 4.39 Å². The number of ketones is 1. The summed E-state index contributed by atoms with van der Waals surface area (Å²) in [6.45, 7) is 7.03. The van der Waals surface area contributed by atoms with E-state index in [1.54, 1.807) is 6.07 Å². The molecule has 0 aromatic heterocycles. The molecule has 0 heterocycles. The highest BCUT2D eigenvalue weighted by atomic mass is 19.1. The molecule has 1 aromatic carbocycles. The van der Waals surface area contributed by atoms with Gasteiger partial charge in [0.15, 0.2) is 0 Å². The van der Waals surface area contributed by atoms with E-state index in [9.17, 15) is 9.18 Å². The molecule has 3 heteroatoms. The van der Waals surface area contributed by atoms with Gasteiger partial charge in [-0.25, -0.2) is 4.39 Å². The smallest absolute Gasteiger partial charge is 0.137 e. The van der Waals surface area contributed by atoms with Crippen molar-refractivity contribution in [2.24, 2.45) is 17.8 Å². The van der Waals surface area contributed by atoms with Gasteiger partial charge >= 0.3 is 0 Å². The predicted molar refractivity (Wildman–Crippen MR) is 83.5 cm³/mol. The van der Waals surface area contributed by atoms with E-state index in [1.165, 1.54) is 6.07 Å². The minimum absolute atomic E-state index is 0.0226. The van der Waals surface area contributed by atoms with Gasteiger partial charge in [-0.15, -0.1) is 0 Å². The molecule has 1 aliphatic carbocycles. The van der Waals surface area contributed by atoms with Gasteiger partial charge in [-0.2, -0.15) is 0 Å². The molecule has 0 amide bonds. The number of hydrogen-bond acceptors (Lipinski definition) is 2. The van der Waals surface area contributed by atoms with Crippen LogP contribution in [0.25, 0.3) is 0 Å². The van der Waals surface area contributed by atoms with Crippen LogP contribution in [0, 0.1) is 23.6 Å². The lowest BCUT2D eigenvalue weighted by Gasteiger charge is -2.36. The van der Waals surface area contributed by atoms with Gasteiger partial charge in [-0.1, -0.05) is 32.0 Å². The Morgan fingerprint density at radius 3 is 2.62 bits per heavy atom. The SMILES string of the molecule is CC1CC(=O)C(CN(C)C(C)c2ccccc2F)C(C)C1. The molecule has 1 fully saturated rings. The van der Waals surface area contributed by atoms with Crippen LogP contribution in [0.5, 0.6) is 0 Å². The molecule has 0 saturated heterocycles. The second kappa shape index (κ2) is 6.69. The number of benzene rings is 1. The van der Waals surface area contributed by atoms with Crippen molar-refractivity contribution in [3.8, 4) is 0 Å². The lowest BCUT2D eigenvalue weighted by Crippen LogP contribution is -2.39. The molecule has 21 heavy (non-hydrogen) atoms. The van der Waals surface area contributed by atoms with Crippen molar-refractivity contribution in [2.45, 2.75) is 39.7 Å². The van der Waals surface area contributed by atoms with Gasteiger partial charge in [0.1, 0.15) is 11.6 Å². The molecule has 0 radical (unpaired) electrons. The molecular formula is C18H26FNO. The molecule has 1 aromatic rings. The van der Waals surface area contributed by atoms with Crippen molar-refractivity contribution in [1.82, 2.24) is 4.90 Å². The highest BCUT2D eigenvalue weighted by Gasteiger charge is 2.33. The van der Waals surface area contributed by atoms with E-state index >= 15 is 0 Å². The van der Waals surface area contributed by atoms with E-state index in [0.717, 1.165) is 6.42 Å². The molecular weight excluding hydrogens is 265 g/mol. The topological polar surface area (TPSA) is 20.3 Å². The Kier molecular flexibility index (Phi) is 5.15. The normalized spacial score (nSPS) is 27.9. The van der Waals surface area contributed by atoms with Gasteiger partial charge in [-0.05, 0) is 38.3 Å². The van der Waals surface area contributed by atoms with E-state index < -0.39 is 0 Å². The molecule has 1 aliphatic rings. The second-order valence-electron chi connectivity index (χ2n) is 6.73. The van der Waals surface area contributed by atoms with Crippen LogP contribution in [0.3, 0.4) is 0 Å². The maximum absolute atomic E-state index is 13.9. The highest BCUT2D eigenvalue weighted by Crippen LogP contribution is 2.33. The first-order valence-electron chi connectivity index (χ1n) is 7.87. The molecule has 0 N–H and O–H groups in total. The Hall–Kier alpha value is -1.22. The average molecular weight is 291 g/mol. The monoisotopic (exact) mass is 291 g/mol. The molecule has 0 spiro atoms. The first-order valence-corrected chi connectivity index (χ1v) is 7.87. The summed E-state index contributed by atoms with van der Waals surface area (Å²) >= 11 is 0. The Labute approximate surface area is 127 Å². The fourth-order valence-electron chi connectivity index (χ4n) is 3.50. The summed E-state index contributed by atoms with van der Waals surface area (Å²) in [7, 11) is 1.98. The quantitative estimate of drug-likeness (QED) is 0.833. The van der Waals surface area contributed by atoms with Crippen LogP contribution in [0.1, 0.15) is 45.2 Å². The predicted octanol–water partition coefficient (Wildman–Crippen LogP) is 4.07. The van der Waals surface area contributed by atoms with E-state index in [-0.39, 0.29) is 17.8 Å². The zero-order valence-corrected chi connectivity index (χ0v) is 13.5. The van der Waals surface area contributed by atoms with Gasteiger partial charge in [0.25, 0.3) is 0 Å².